The monoisotopic (exact) mass is 217 g/mol. The molecule has 1 heterocycles. The van der Waals surface area contributed by atoms with Gasteiger partial charge in [0.2, 0.25) is 0 Å². The normalized spacial score (nSPS) is 14.2. The Hall–Kier alpha value is -0.810. The molecule has 0 radical (unpaired) electrons. The average molecular weight is 217 g/mol. The van der Waals surface area contributed by atoms with E-state index in [0.717, 1.165) is 11.3 Å². The molecule has 0 amide bonds. The van der Waals surface area contributed by atoms with Crippen molar-refractivity contribution in [3.8, 4) is 0 Å². The molecule has 0 aliphatic rings. The van der Waals surface area contributed by atoms with Crippen LogP contribution in [0.2, 0.25) is 0 Å². The molecule has 0 saturated heterocycles. The van der Waals surface area contributed by atoms with Crippen LogP contribution in [0.15, 0.2) is 16.7 Å². The van der Waals surface area contributed by atoms with E-state index in [1.165, 1.54) is 6.26 Å². The zero-order valence-corrected chi connectivity index (χ0v) is 9.17. The summed E-state index contributed by atoms with van der Waals surface area (Å²) in [6, 6.07) is 1.56. The van der Waals surface area contributed by atoms with Crippen LogP contribution in [0.1, 0.15) is 23.8 Å². The summed E-state index contributed by atoms with van der Waals surface area (Å²) in [6.07, 6.45) is 3.21. The number of furan rings is 1. The van der Waals surface area contributed by atoms with Crippen molar-refractivity contribution in [3.05, 3.63) is 23.7 Å². The Bertz CT molecular complexity index is 394. The molecule has 1 unspecified atom stereocenters. The molecular weight excluding hydrogens is 202 g/mol. The number of nitrogens with two attached hydrogens (primary N) is 1. The van der Waals surface area contributed by atoms with Gasteiger partial charge in [0, 0.05) is 17.9 Å². The Labute approximate surface area is 84.0 Å². The summed E-state index contributed by atoms with van der Waals surface area (Å²) in [5.41, 5.74) is 6.64. The van der Waals surface area contributed by atoms with E-state index in [-0.39, 0.29) is 11.8 Å². The molecule has 2 N–H and O–H groups in total. The lowest BCUT2D eigenvalue weighted by molar-refractivity contribution is 0.527. The first kappa shape index (κ1) is 11.3. The zero-order chi connectivity index (χ0) is 10.8. The van der Waals surface area contributed by atoms with Gasteiger partial charge in [0.15, 0.2) is 0 Å². The van der Waals surface area contributed by atoms with Crippen LogP contribution < -0.4 is 5.73 Å². The van der Waals surface area contributed by atoms with E-state index < -0.39 is 9.84 Å². The zero-order valence-electron chi connectivity index (χ0n) is 8.36. The Morgan fingerprint density at radius 3 is 2.64 bits per heavy atom. The summed E-state index contributed by atoms with van der Waals surface area (Å²) < 4.78 is 26.9. The van der Waals surface area contributed by atoms with E-state index in [2.05, 4.69) is 0 Å². The molecule has 0 fully saturated rings. The van der Waals surface area contributed by atoms with Crippen molar-refractivity contribution in [2.45, 2.75) is 19.4 Å². The highest BCUT2D eigenvalue weighted by Crippen LogP contribution is 2.17. The van der Waals surface area contributed by atoms with Crippen LogP contribution in [-0.2, 0) is 9.84 Å². The molecule has 1 atom stereocenters. The molecule has 4 nitrogen and oxygen atoms in total. The molecular formula is C9H15NO3S. The first-order valence-electron chi connectivity index (χ1n) is 4.37. The van der Waals surface area contributed by atoms with Crippen LogP contribution in [0.3, 0.4) is 0 Å². The number of hydrogen-bond donors (Lipinski definition) is 1. The van der Waals surface area contributed by atoms with Gasteiger partial charge in [0.25, 0.3) is 0 Å². The topological polar surface area (TPSA) is 73.3 Å². The van der Waals surface area contributed by atoms with Gasteiger partial charge in [0.1, 0.15) is 15.6 Å². The lowest BCUT2D eigenvalue weighted by atomic mass is 10.1. The fourth-order valence-corrected chi connectivity index (χ4v) is 1.85. The molecule has 0 saturated carbocycles. The van der Waals surface area contributed by atoms with Crippen molar-refractivity contribution in [1.29, 1.82) is 0 Å². The lowest BCUT2D eigenvalue weighted by Crippen LogP contribution is -2.14. The van der Waals surface area contributed by atoms with Gasteiger partial charge in [-0.15, -0.1) is 0 Å². The minimum atomic E-state index is -2.93. The van der Waals surface area contributed by atoms with Crippen LogP contribution >= 0.6 is 0 Å². The van der Waals surface area contributed by atoms with Gasteiger partial charge in [-0.3, -0.25) is 0 Å². The second kappa shape index (κ2) is 4.14. The van der Waals surface area contributed by atoms with E-state index in [0.29, 0.717) is 6.42 Å². The molecule has 0 aromatic carbocycles. The molecule has 5 heteroatoms. The standard InChI is InChI=1S/C9H15NO3S/c1-7-5-8(6-13-7)9(10)3-4-14(2,11)12/h5-6,9H,3-4,10H2,1-2H3. The molecule has 14 heavy (non-hydrogen) atoms. The van der Waals surface area contributed by atoms with Gasteiger partial charge < -0.3 is 10.2 Å². The van der Waals surface area contributed by atoms with Crippen LogP contribution in [0, 0.1) is 6.92 Å². The van der Waals surface area contributed by atoms with Gasteiger partial charge in [-0.05, 0) is 19.4 Å². The van der Waals surface area contributed by atoms with Crippen LogP contribution in [-0.4, -0.2) is 20.4 Å². The second-order valence-corrected chi connectivity index (χ2v) is 5.78. The summed E-state index contributed by atoms with van der Waals surface area (Å²) in [5, 5.41) is 0. The molecule has 1 aromatic rings. The van der Waals surface area contributed by atoms with Gasteiger partial charge in [0.05, 0.1) is 12.0 Å². The summed E-state index contributed by atoms with van der Waals surface area (Å²) >= 11 is 0. The van der Waals surface area contributed by atoms with Gasteiger partial charge in [-0.2, -0.15) is 0 Å². The van der Waals surface area contributed by atoms with Crippen molar-refractivity contribution in [1.82, 2.24) is 0 Å². The fourth-order valence-electron chi connectivity index (χ4n) is 1.17. The maximum absolute atomic E-state index is 10.9. The summed E-state index contributed by atoms with van der Waals surface area (Å²) in [4.78, 5) is 0. The maximum atomic E-state index is 10.9. The third-order valence-corrected chi connectivity index (χ3v) is 2.96. The SMILES string of the molecule is Cc1cc(C(N)CCS(C)(=O)=O)co1. The smallest absolute Gasteiger partial charge is 0.147 e. The second-order valence-electron chi connectivity index (χ2n) is 3.52. The minimum Gasteiger partial charge on any atom is -0.469 e. The van der Waals surface area contributed by atoms with Crippen LogP contribution in [0.5, 0.6) is 0 Å². The molecule has 0 aliphatic heterocycles. The average Bonchev–Trinajstić information content (AvgIpc) is 2.46. The Morgan fingerprint density at radius 2 is 2.21 bits per heavy atom. The lowest BCUT2D eigenvalue weighted by Gasteiger charge is -2.07. The summed E-state index contributed by atoms with van der Waals surface area (Å²) in [6.45, 7) is 1.83. The molecule has 0 spiro atoms. The van der Waals surface area contributed by atoms with E-state index in [4.69, 9.17) is 10.2 Å². The Morgan fingerprint density at radius 1 is 1.57 bits per heavy atom. The minimum absolute atomic E-state index is 0.110. The Kier molecular flexibility index (Phi) is 3.34. The van der Waals surface area contributed by atoms with Crippen molar-refractivity contribution >= 4 is 9.84 Å². The van der Waals surface area contributed by atoms with Crippen molar-refractivity contribution in [2.75, 3.05) is 12.0 Å². The number of hydrogen-bond acceptors (Lipinski definition) is 4. The predicted molar refractivity (Wildman–Crippen MR) is 54.7 cm³/mol. The van der Waals surface area contributed by atoms with Crippen molar-refractivity contribution in [2.24, 2.45) is 5.73 Å². The third kappa shape index (κ3) is 3.51. The van der Waals surface area contributed by atoms with Crippen LogP contribution in [0.25, 0.3) is 0 Å². The highest BCUT2D eigenvalue weighted by atomic mass is 32.2. The fraction of sp³-hybridized carbons (Fsp3) is 0.556. The first-order chi connectivity index (χ1) is 6.38. The highest BCUT2D eigenvalue weighted by molar-refractivity contribution is 7.90. The van der Waals surface area contributed by atoms with Gasteiger partial charge in [-0.25, -0.2) is 8.42 Å². The van der Waals surface area contributed by atoms with Crippen LogP contribution in [0.4, 0.5) is 0 Å². The van der Waals surface area contributed by atoms with E-state index >= 15 is 0 Å². The van der Waals surface area contributed by atoms with Gasteiger partial charge in [-0.1, -0.05) is 0 Å². The van der Waals surface area contributed by atoms with Gasteiger partial charge >= 0.3 is 0 Å². The van der Waals surface area contributed by atoms with E-state index in [9.17, 15) is 8.42 Å². The van der Waals surface area contributed by atoms with Crippen molar-refractivity contribution < 1.29 is 12.8 Å². The summed E-state index contributed by atoms with van der Waals surface area (Å²) in [5.74, 6) is 0.896. The molecule has 80 valence electrons. The quantitative estimate of drug-likeness (QED) is 0.817. The number of aryl methyl sites for hydroxylation is 1. The van der Waals surface area contributed by atoms with Crippen molar-refractivity contribution in [3.63, 3.8) is 0 Å². The molecule has 0 aliphatic carbocycles. The Balaban J connectivity index is 2.55. The largest absolute Gasteiger partial charge is 0.469 e. The number of sulfone groups is 1. The maximum Gasteiger partial charge on any atom is 0.147 e. The molecule has 1 aromatic heterocycles. The van der Waals surface area contributed by atoms with E-state index in [1.54, 1.807) is 6.26 Å². The highest BCUT2D eigenvalue weighted by Gasteiger charge is 2.11. The molecule has 1 rings (SSSR count). The molecule has 0 bridgehead atoms. The first-order valence-corrected chi connectivity index (χ1v) is 6.43. The van der Waals surface area contributed by atoms with E-state index in [1.807, 2.05) is 13.0 Å². The number of rotatable bonds is 4. The summed E-state index contributed by atoms with van der Waals surface area (Å²) in [7, 11) is -2.93. The third-order valence-electron chi connectivity index (χ3n) is 1.98. The predicted octanol–water partition coefficient (Wildman–Crippen LogP) is 1.02.